The molecule has 0 aromatic heterocycles. The van der Waals surface area contributed by atoms with Gasteiger partial charge in [0.2, 0.25) is 0 Å². The van der Waals surface area contributed by atoms with Crippen LogP contribution in [0.1, 0.15) is 19.8 Å². The van der Waals surface area contributed by atoms with Crippen LogP contribution in [0.3, 0.4) is 0 Å². The molecule has 1 nitrogen and oxygen atoms in total. The average molecular weight is 282 g/mol. The first kappa shape index (κ1) is 11.7. The van der Waals surface area contributed by atoms with Gasteiger partial charge >= 0.3 is 77.3 Å². The molecule has 0 aliphatic carbocycles. The molecule has 0 aromatic rings. The van der Waals surface area contributed by atoms with Gasteiger partial charge in [0.15, 0.2) is 0 Å². The van der Waals surface area contributed by atoms with Gasteiger partial charge in [0, 0.05) is 0 Å². The van der Waals surface area contributed by atoms with E-state index >= 15 is 0 Å². The van der Waals surface area contributed by atoms with E-state index in [2.05, 4.69) is 22.9 Å². The van der Waals surface area contributed by atoms with E-state index in [-0.39, 0.29) is 17.0 Å². The van der Waals surface area contributed by atoms with Gasteiger partial charge in [-0.25, -0.2) is 0 Å². The first-order valence-electron chi connectivity index (χ1n) is 3.24. The minimum absolute atomic E-state index is 0. The fourth-order valence-electron chi connectivity index (χ4n) is 1.07. The van der Waals surface area contributed by atoms with Crippen molar-refractivity contribution >= 4 is 37.6 Å². The van der Waals surface area contributed by atoms with Crippen molar-refractivity contribution in [1.29, 1.82) is 0 Å². The largest absolute Gasteiger partial charge is 1.00 e. The summed E-state index contributed by atoms with van der Waals surface area (Å²) in [4.78, 5) is 0. The van der Waals surface area contributed by atoms with E-state index in [0.717, 1.165) is 19.4 Å². The number of ether oxygens (including phenoxy) is 1. The smallest absolute Gasteiger partial charge is 1.00 e. The van der Waals surface area contributed by atoms with Crippen molar-refractivity contribution in [3.05, 3.63) is 0 Å². The van der Waals surface area contributed by atoms with Crippen LogP contribution in [0.5, 0.6) is 0 Å². The Morgan fingerprint density at radius 1 is 1.70 bits per heavy atom. The second-order valence-electron chi connectivity index (χ2n) is 2.86. The van der Waals surface area contributed by atoms with E-state index in [1.807, 2.05) is 21.7 Å². The molecule has 0 N–H and O–H groups in total. The molecule has 1 heterocycles. The van der Waals surface area contributed by atoms with Crippen molar-refractivity contribution in [2.75, 3.05) is 6.61 Å². The minimum atomic E-state index is 0. The molecule has 2 atom stereocenters. The van der Waals surface area contributed by atoms with Gasteiger partial charge < -0.3 is 17.0 Å². The summed E-state index contributed by atoms with van der Waals surface area (Å²) in [5, 5.41) is 0. The third-order valence-corrected chi connectivity index (χ3v) is 2.87. The SMILES string of the molecule is CC1(Br)CCO[CH]([Mg+])C1.[Br-]. The van der Waals surface area contributed by atoms with Gasteiger partial charge in [0.1, 0.15) is 0 Å². The van der Waals surface area contributed by atoms with Crippen LogP contribution in [-0.4, -0.2) is 36.9 Å². The van der Waals surface area contributed by atoms with Gasteiger partial charge in [-0.05, 0) is 0 Å². The summed E-state index contributed by atoms with van der Waals surface area (Å²) in [6.07, 6.45) is 2.28. The zero-order valence-corrected chi connectivity index (χ0v) is 10.7. The van der Waals surface area contributed by atoms with Crippen molar-refractivity contribution in [3.8, 4) is 0 Å². The Labute approximate surface area is 93.6 Å². The standard InChI is InChI=1S/C6H10BrO.BrH.Mg/c1-6(7)2-4-8-5-3-6;;/h4H,2-3,5H2,1H3;1H;/q;;+1/p-1. The van der Waals surface area contributed by atoms with E-state index in [9.17, 15) is 0 Å². The number of halogens is 2. The summed E-state index contributed by atoms with van der Waals surface area (Å²) < 4.78 is 6.20. The van der Waals surface area contributed by atoms with Gasteiger partial charge in [0.25, 0.3) is 0 Å². The van der Waals surface area contributed by atoms with E-state index in [1.165, 1.54) is 0 Å². The normalized spacial score (nSPS) is 40.6. The summed E-state index contributed by atoms with van der Waals surface area (Å²) in [7, 11) is 0. The zero-order valence-electron chi connectivity index (χ0n) is 6.07. The van der Waals surface area contributed by atoms with Gasteiger partial charge in [-0.1, -0.05) is 0 Å². The first-order valence-corrected chi connectivity index (χ1v) is 4.85. The molecule has 0 saturated carbocycles. The maximum atomic E-state index is 5.40. The van der Waals surface area contributed by atoms with Crippen molar-refractivity contribution in [2.24, 2.45) is 0 Å². The number of rotatable bonds is 0. The van der Waals surface area contributed by atoms with E-state index < -0.39 is 0 Å². The Bertz CT molecular complexity index is 108. The molecular formula is C6H10Br2MgO. The molecule has 1 aliphatic rings. The monoisotopic (exact) mass is 280 g/mol. The summed E-state index contributed by atoms with van der Waals surface area (Å²) >= 11 is 5.59. The Morgan fingerprint density at radius 2 is 2.30 bits per heavy atom. The van der Waals surface area contributed by atoms with Crippen LogP contribution in [0, 0.1) is 0 Å². The van der Waals surface area contributed by atoms with Crippen molar-refractivity contribution in [2.45, 2.75) is 28.3 Å². The van der Waals surface area contributed by atoms with Gasteiger partial charge in [0.05, 0.1) is 0 Å². The molecule has 0 radical (unpaired) electrons. The summed E-state index contributed by atoms with van der Waals surface area (Å²) in [5.41, 5.74) is 0. The molecule has 56 valence electrons. The summed E-state index contributed by atoms with van der Waals surface area (Å²) in [6.45, 7) is 3.15. The van der Waals surface area contributed by atoms with Crippen LogP contribution in [0.15, 0.2) is 0 Å². The maximum Gasteiger partial charge on any atom is -1.00 e. The van der Waals surface area contributed by atoms with Gasteiger partial charge in [-0.15, -0.1) is 0 Å². The first-order chi connectivity index (χ1) is 4.10. The Balaban J connectivity index is 0.000000810. The third-order valence-electron chi connectivity index (χ3n) is 1.63. The molecule has 2 unspecified atom stereocenters. The van der Waals surface area contributed by atoms with Crippen LogP contribution in [0.2, 0.25) is 0 Å². The number of hydrogen-bond donors (Lipinski definition) is 0. The van der Waals surface area contributed by atoms with Crippen molar-refractivity contribution < 1.29 is 21.7 Å². The average Bonchev–Trinajstić information content (AvgIpc) is 1.60. The molecule has 10 heavy (non-hydrogen) atoms. The Hall–Kier alpha value is 1.69. The quantitative estimate of drug-likeness (QED) is 0.386. The predicted octanol–water partition coefficient (Wildman–Crippen LogP) is -1.55. The van der Waals surface area contributed by atoms with E-state index in [0.29, 0.717) is 8.56 Å². The molecule has 0 bridgehead atoms. The van der Waals surface area contributed by atoms with E-state index in [4.69, 9.17) is 4.74 Å². The fraction of sp³-hybridized carbons (Fsp3) is 1.00. The van der Waals surface area contributed by atoms with Crippen LogP contribution in [0.4, 0.5) is 0 Å². The second-order valence-corrected chi connectivity index (χ2v) is 5.69. The second kappa shape index (κ2) is 4.65. The molecule has 0 aromatic carbocycles. The number of alkyl halides is 1. The van der Waals surface area contributed by atoms with Crippen LogP contribution < -0.4 is 17.0 Å². The fourth-order valence-corrected chi connectivity index (χ4v) is 2.82. The summed E-state index contributed by atoms with van der Waals surface area (Å²) in [6, 6.07) is 0. The molecule has 1 rings (SSSR count). The Morgan fingerprint density at radius 3 is 2.60 bits per heavy atom. The molecule has 4 heteroatoms. The molecule has 0 spiro atoms. The van der Waals surface area contributed by atoms with Gasteiger partial charge in [-0.2, -0.15) is 0 Å². The van der Waals surface area contributed by atoms with Crippen LogP contribution in [-0.2, 0) is 4.74 Å². The minimum Gasteiger partial charge on any atom is -1.00 e. The summed E-state index contributed by atoms with van der Waals surface area (Å²) in [5.74, 6) is 0. The molecule has 1 aliphatic heterocycles. The molecule has 1 fully saturated rings. The third kappa shape index (κ3) is 3.90. The van der Waals surface area contributed by atoms with Gasteiger partial charge in [-0.3, -0.25) is 0 Å². The zero-order chi connectivity index (χ0) is 6.91. The van der Waals surface area contributed by atoms with Crippen LogP contribution >= 0.6 is 15.9 Å². The Kier molecular flexibility index (Phi) is 5.43. The van der Waals surface area contributed by atoms with Crippen LogP contribution in [0.25, 0.3) is 0 Å². The molecule has 1 saturated heterocycles. The van der Waals surface area contributed by atoms with Crippen molar-refractivity contribution in [1.82, 2.24) is 0 Å². The molecule has 0 amide bonds. The topological polar surface area (TPSA) is 9.23 Å². The van der Waals surface area contributed by atoms with E-state index in [1.54, 1.807) is 0 Å². The number of hydrogen-bond acceptors (Lipinski definition) is 1. The van der Waals surface area contributed by atoms with Crippen molar-refractivity contribution in [3.63, 3.8) is 0 Å². The predicted molar refractivity (Wildman–Crippen MR) is 42.1 cm³/mol. The molecular weight excluding hydrogens is 272 g/mol. The maximum absolute atomic E-state index is 5.40.